The minimum Gasteiger partial charge on any atom is -0.375 e. The highest BCUT2D eigenvalue weighted by atomic mass is 35.5. The molecule has 0 saturated heterocycles. The average Bonchev–Trinajstić information content (AvgIpc) is 2.77. The van der Waals surface area contributed by atoms with Gasteiger partial charge >= 0.3 is 0 Å². The van der Waals surface area contributed by atoms with Crippen LogP contribution in [-0.4, -0.2) is 4.98 Å². The van der Waals surface area contributed by atoms with Gasteiger partial charge in [-0.15, -0.1) is 11.3 Å². The second-order valence-corrected chi connectivity index (χ2v) is 5.27. The Hall–Kier alpha value is -1.57. The van der Waals surface area contributed by atoms with Crippen molar-refractivity contribution in [3.63, 3.8) is 0 Å². The number of rotatable bonds is 3. The summed E-state index contributed by atoms with van der Waals surface area (Å²) in [7, 11) is 0. The van der Waals surface area contributed by atoms with Crippen LogP contribution < -0.4 is 5.32 Å². The Morgan fingerprint density at radius 2 is 2.29 bits per heavy atom. The Labute approximate surface area is 109 Å². The fourth-order valence-corrected chi connectivity index (χ4v) is 2.54. The van der Waals surface area contributed by atoms with Crippen molar-refractivity contribution in [2.75, 3.05) is 5.32 Å². The van der Waals surface area contributed by atoms with Crippen LogP contribution in [0.15, 0.2) is 30.5 Å². The van der Waals surface area contributed by atoms with Gasteiger partial charge in [0, 0.05) is 11.1 Å². The highest BCUT2D eigenvalue weighted by Gasteiger charge is 2.10. The summed E-state index contributed by atoms with van der Waals surface area (Å²) in [4.78, 5) is 5.13. The van der Waals surface area contributed by atoms with Gasteiger partial charge in [-0.3, -0.25) is 0 Å². The second kappa shape index (κ2) is 5.17. The molecule has 2 heterocycles. The van der Waals surface area contributed by atoms with Gasteiger partial charge in [-0.05, 0) is 31.2 Å². The van der Waals surface area contributed by atoms with E-state index in [1.54, 1.807) is 12.3 Å². The van der Waals surface area contributed by atoms with Crippen molar-refractivity contribution in [3.05, 3.63) is 45.4 Å². The Kier molecular flexibility index (Phi) is 3.62. The van der Waals surface area contributed by atoms with E-state index < -0.39 is 0 Å². The van der Waals surface area contributed by atoms with Gasteiger partial charge in [-0.2, -0.15) is 5.26 Å². The lowest BCUT2D eigenvalue weighted by Gasteiger charge is -2.13. The maximum absolute atomic E-state index is 8.93. The van der Waals surface area contributed by atoms with E-state index >= 15 is 0 Å². The first-order valence-electron chi connectivity index (χ1n) is 5.07. The molecule has 3 nitrogen and oxygen atoms in total. The third-order valence-corrected chi connectivity index (χ3v) is 3.72. The van der Waals surface area contributed by atoms with Crippen LogP contribution in [0.2, 0.25) is 4.34 Å². The molecule has 0 bridgehead atoms. The van der Waals surface area contributed by atoms with Crippen molar-refractivity contribution in [2.24, 2.45) is 0 Å². The second-order valence-electron chi connectivity index (χ2n) is 3.52. The molecule has 0 fully saturated rings. The first-order valence-corrected chi connectivity index (χ1v) is 6.27. The monoisotopic (exact) mass is 263 g/mol. The quantitative estimate of drug-likeness (QED) is 0.915. The predicted molar refractivity (Wildman–Crippen MR) is 70.3 cm³/mol. The first-order chi connectivity index (χ1) is 8.20. The highest BCUT2D eigenvalue weighted by Crippen LogP contribution is 2.29. The van der Waals surface area contributed by atoms with Crippen LogP contribution in [0.25, 0.3) is 0 Å². The fraction of sp³-hybridized carbons (Fsp3) is 0.167. The maximum atomic E-state index is 8.93. The van der Waals surface area contributed by atoms with Gasteiger partial charge in [0.2, 0.25) is 0 Å². The number of nitrogens with zero attached hydrogens (tertiary/aromatic N) is 2. The fourth-order valence-electron chi connectivity index (χ4n) is 1.48. The zero-order valence-corrected chi connectivity index (χ0v) is 10.7. The van der Waals surface area contributed by atoms with Crippen LogP contribution in [0.4, 0.5) is 5.69 Å². The third-order valence-electron chi connectivity index (χ3n) is 2.31. The van der Waals surface area contributed by atoms with E-state index in [-0.39, 0.29) is 6.04 Å². The van der Waals surface area contributed by atoms with Crippen LogP contribution in [0.1, 0.15) is 23.5 Å². The molecule has 5 heteroatoms. The Balaban J connectivity index is 2.19. The molecule has 0 aromatic carbocycles. The summed E-state index contributed by atoms with van der Waals surface area (Å²) >= 11 is 7.42. The molecule has 17 heavy (non-hydrogen) atoms. The Bertz CT molecular complexity index is 559. The molecule has 0 amide bonds. The van der Waals surface area contributed by atoms with Gasteiger partial charge in [-0.1, -0.05) is 11.6 Å². The van der Waals surface area contributed by atoms with E-state index in [2.05, 4.69) is 16.4 Å². The zero-order chi connectivity index (χ0) is 12.3. The summed E-state index contributed by atoms with van der Waals surface area (Å²) < 4.78 is 0.764. The molecule has 0 saturated carbocycles. The molecule has 0 aliphatic carbocycles. The molecular formula is C12H10ClN3S. The molecule has 0 aliphatic heterocycles. The lowest BCUT2D eigenvalue weighted by molar-refractivity contribution is 0.904. The standard InChI is InChI=1S/C12H10ClN3S/c1-8(11-4-5-12(13)17-11)16-9-3-2-6-15-10(9)7-14/h2-6,8,16H,1H3. The molecule has 0 spiro atoms. The van der Waals surface area contributed by atoms with Crippen LogP contribution in [0.3, 0.4) is 0 Å². The predicted octanol–water partition coefficient (Wildman–Crippen LogP) is 3.84. The normalized spacial score (nSPS) is 11.8. The van der Waals surface area contributed by atoms with Crippen LogP contribution in [0.5, 0.6) is 0 Å². The van der Waals surface area contributed by atoms with Crippen molar-refractivity contribution in [2.45, 2.75) is 13.0 Å². The number of nitriles is 1. The molecule has 2 rings (SSSR count). The van der Waals surface area contributed by atoms with Crippen molar-refractivity contribution < 1.29 is 0 Å². The molecule has 0 aliphatic rings. The number of hydrogen-bond donors (Lipinski definition) is 1. The number of aromatic nitrogens is 1. The SMILES string of the molecule is CC(Nc1cccnc1C#N)c1ccc(Cl)s1. The Morgan fingerprint density at radius 1 is 1.47 bits per heavy atom. The van der Waals surface area contributed by atoms with Crippen molar-refractivity contribution in [1.82, 2.24) is 4.98 Å². The van der Waals surface area contributed by atoms with Gasteiger partial charge in [0.1, 0.15) is 6.07 Å². The summed E-state index contributed by atoms with van der Waals surface area (Å²) in [6.07, 6.45) is 1.61. The number of nitrogens with one attached hydrogen (secondary N) is 1. The summed E-state index contributed by atoms with van der Waals surface area (Å²) in [5.41, 5.74) is 1.15. The smallest absolute Gasteiger partial charge is 0.163 e. The zero-order valence-electron chi connectivity index (χ0n) is 9.14. The van der Waals surface area contributed by atoms with Gasteiger partial charge < -0.3 is 5.32 Å². The topological polar surface area (TPSA) is 48.7 Å². The van der Waals surface area contributed by atoms with Crippen LogP contribution in [0, 0.1) is 11.3 Å². The number of hydrogen-bond acceptors (Lipinski definition) is 4. The molecular weight excluding hydrogens is 254 g/mol. The van der Waals surface area contributed by atoms with E-state index in [1.807, 2.05) is 25.1 Å². The number of halogens is 1. The van der Waals surface area contributed by atoms with Crippen molar-refractivity contribution in [1.29, 1.82) is 5.26 Å². The molecule has 0 radical (unpaired) electrons. The van der Waals surface area contributed by atoms with E-state index in [1.165, 1.54) is 11.3 Å². The van der Waals surface area contributed by atoms with Gasteiger partial charge in [0.15, 0.2) is 5.69 Å². The lowest BCUT2D eigenvalue weighted by atomic mass is 10.2. The van der Waals surface area contributed by atoms with E-state index in [4.69, 9.17) is 16.9 Å². The summed E-state index contributed by atoms with van der Waals surface area (Å²) in [5, 5.41) is 12.2. The minimum atomic E-state index is 0.101. The van der Waals surface area contributed by atoms with Gasteiger partial charge in [-0.25, -0.2) is 4.98 Å². The maximum Gasteiger partial charge on any atom is 0.163 e. The summed E-state index contributed by atoms with van der Waals surface area (Å²) in [6.45, 7) is 2.02. The van der Waals surface area contributed by atoms with Crippen molar-refractivity contribution in [3.8, 4) is 6.07 Å². The Morgan fingerprint density at radius 3 is 2.94 bits per heavy atom. The van der Waals surface area contributed by atoms with Gasteiger partial charge in [0.25, 0.3) is 0 Å². The van der Waals surface area contributed by atoms with Crippen LogP contribution in [-0.2, 0) is 0 Å². The molecule has 2 aromatic heterocycles. The largest absolute Gasteiger partial charge is 0.375 e. The van der Waals surface area contributed by atoms with E-state index in [9.17, 15) is 0 Å². The first kappa shape index (κ1) is 11.9. The molecule has 1 atom stereocenters. The molecule has 86 valence electrons. The summed E-state index contributed by atoms with van der Waals surface area (Å²) in [5.74, 6) is 0. The third kappa shape index (κ3) is 2.76. The average molecular weight is 264 g/mol. The van der Waals surface area contributed by atoms with Gasteiger partial charge in [0.05, 0.1) is 16.1 Å². The molecule has 2 aromatic rings. The number of thiophene rings is 1. The molecule has 1 unspecified atom stereocenters. The number of pyridine rings is 1. The highest BCUT2D eigenvalue weighted by molar-refractivity contribution is 7.16. The minimum absolute atomic E-state index is 0.101. The van der Waals surface area contributed by atoms with Crippen molar-refractivity contribution >= 4 is 28.6 Å². The van der Waals surface area contributed by atoms with Crippen LogP contribution >= 0.6 is 22.9 Å². The number of anilines is 1. The van der Waals surface area contributed by atoms with E-state index in [0.717, 1.165) is 14.9 Å². The summed E-state index contributed by atoms with van der Waals surface area (Å²) in [6, 6.07) is 9.66. The molecule has 1 N–H and O–H groups in total. The van der Waals surface area contributed by atoms with E-state index in [0.29, 0.717) is 5.69 Å². The lowest BCUT2D eigenvalue weighted by Crippen LogP contribution is -2.06.